The van der Waals surface area contributed by atoms with E-state index in [0.29, 0.717) is 11.7 Å². The van der Waals surface area contributed by atoms with Gasteiger partial charge in [-0.05, 0) is 61.8 Å². The monoisotopic (exact) mass is 416 g/mol. The second kappa shape index (κ2) is 8.43. The van der Waals surface area contributed by atoms with Crippen LogP contribution in [0.15, 0.2) is 61.2 Å². The van der Waals surface area contributed by atoms with E-state index in [1.165, 1.54) is 11.6 Å². The van der Waals surface area contributed by atoms with Crippen molar-refractivity contribution in [3.8, 4) is 0 Å². The van der Waals surface area contributed by atoms with Gasteiger partial charge in [0.1, 0.15) is 17.5 Å². The lowest BCUT2D eigenvalue weighted by Gasteiger charge is -2.31. The second-order valence-electron chi connectivity index (χ2n) is 8.14. The number of hydrogen-bond donors (Lipinski definition) is 1. The average molecular weight is 417 g/mol. The van der Waals surface area contributed by atoms with E-state index < -0.39 is 0 Å². The lowest BCUT2D eigenvalue weighted by molar-refractivity contribution is 0.204. The van der Waals surface area contributed by atoms with Crippen LogP contribution in [0.3, 0.4) is 0 Å². The number of piperidine rings is 1. The van der Waals surface area contributed by atoms with Crippen LogP contribution in [0.5, 0.6) is 0 Å². The zero-order chi connectivity index (χ0) is 21.2. The number of aromatic nitrogens is 4. The fourth-order valence-electron chi connectivity index (χ4n) is 4.44. The molecule has 0 radical (unpaired) electrons. The minimum absolute atomic E-state index is 0.181. The Bertz CT molecular complexity index is 1180. The van der Waals surface area contributed by atoms with Crippen LogP contribution in [0.1, 0.15) is 30.0 Å². The smallest absolute Gasteiger partial charge is 0.150 e. The Morgan fingerprint density at radius 3 is 2.77 bits per heavy atom. The molecule has 158 valence electrons. The number of nitrogens with zero attached hydrogens (tertiary/aromatic N) is 5. The lowest BCUT2D eigenvalue weighted by Crippen LogP contribution is -2.32. The normalized spacial score (nSPS) is 15.4. The molecule has 0 amide bonds. The summed E-state index contributed by atoms with van der Waals surface area (Å²) in [6.45, 7) is 2.84. The Hall–Kier alpha value is -3.32. The summed E-state index contributed by atoms with van der Waals surface area (Å²) in [5, 5.41) is 4.23. The lowest BCUT2D eigenvalue weighted by atomic mass is 9.92. The summed E-state index contributed by atoms with van der Waals surface area (Å²) < 4.78 is 15.9. The summed E-state index contributed by atoms with van der Waals surface area (Å²) >= 11 is 0. The number of halogens is 1. The topological polar surface area (TPSA) is 58.9 Å². The molecule has 1 N–H and O–H groups in total. The predicted octanol–water partition coefficient (Wildman–Crippen LogP) is 4.63. The quantitative estimate of drug-likeness (QED) is 0.514. The minimum atomic E-state index is -0.181. The van der Waals surface area contributed by atoms with Crippen LogP contribution < -0.4 is 5.32 Å². The Morgan fingerprint density at radius 1 is 1.10 bits per heavy atom. The highest BCUT2D eigenvalue weighted by atomic mass is 19.1. The van der Waals surface area contributed by atoms with E-state index in [9.17, 15) is 4.39 Å². The predicted molar refractivity (Wildman–Crippen MR) is 120 cm³/mol. The number of benzene rings is 1. The summed E-state index contributed by atoms with van der Waals surface area (Å²) in [5.74, 6) is 1.73. The highest BCUT2D eigenvalue weighted by molar-refractivity contribution is 5.84. The molecular weight excluding hydrogens is 391 g/mol. The molecule has 0 unspecified atom stereocenters. The van der Waals surface area contributed by atoms with Crippen molar-refractivity contribution in [1.29, 1.82) is 0 Å². The molecule has 4 heterocycles. The standard InChI is InChI=1S/C24H25FN6/c1-30-15-18(20-13-19(25)5-6-22(20)30)16-31-11-7-17(8-12-31)21-3-2-4-23(28-21)29-24-14-26-9-10-27-24/h2-6,9-10,13-15,17H,7-8,11-12,16H2,1H3,(H,27,28,29). The van der Waals surface area contributed by atoms with E-state index in [2.05, 4.69) is 37.0 Å². The molecule has 5 rings (SSSR count). The molecule has 0 saturated carbocycles. The number of fused-ring (bicyclic) bond motifs is 1. The van der Waals surface area contributed by atoms with E-state index in [0.717, 1.165) is 54.9 Å². The van der Waals surface area contributed by atoms with Crippen molar-refractivity contribution in [2.45, 2.75) is 25.3 Å². The Labute approximate surface area is 180 Å². The summed E-state index contributed by atoms with van der Waals surface area (Å²) in [4.78, 5) is 15.6. The van der Waals surface area contributed by atoms with E-state index in [4.69, 9.17) is 4.98 Å². The van der Waals surface area contributed by atoms with Crippen LogP contribution in [0, 0.1) is 5.82 Å². The number of hydrogen-bond acceptors (Lipinski definition) is 5. The molecule has 0 spiro atoms. The molecule has 1 aliphatic rings. The van der Waals surface area contributed by atoms with Crippen molar-refractivity contribution in [3.63, 3.8) is 0 Å². The average Bonchev–Trinajstić information content (AvgIpc) is 3.09. The molecule has 7 heteroatoms. The van der Waals surface area contributed by atoms with Crippen LogP contribution in [0.4, 0.5) is 16.0 Å². The van der Waals surface area contributed by atoms with Gasteiger partial charge in [0.25, 0.3) is 0 Å². The minimum Gasteiger partial charge on any atom is -0.350 e. The van der Waals surface area contributed by atoms with Crippen LogP contribution >= 0.6 is 0 Å². The SMILES string of the molecule is Cn1cc(CN2CCC(c3cccc(Nc4cnccn4)n3)CC2)c2cc(F)ccc21. The molecule has 31 heavy (non-hydrogen) atoms. The number of nitrogens with one attached hydrogen (secondary N) is 1. The fraction of sp³-hybridized carbons (Fsp3) is 0.292. The fourth-order valence-corrected chi connectivity index (χ4v) is 4.44. The van der Waals surface area contributed by atoms with Gasteiger partial charge in [0.05, 0.1) is 6.20 Å². The number of aryl methyl sites for hydroxylation is 1. The molecule has 3 aromatic heterocycles. The van der Waals surface area contributed by atoms with Gasteiger partial charge < -0.3 is 9.88 Å². The van der Waals surface area contributed by atoms with E-state index >= 15 is 0 Å². The molecule has 1 saturated heterocycles. The molecule has 1 aliphatic heterocycles. The van der Waals surface area contributed by atoms with Gasteiger partial charge in [-0.25, -0.2) is 14.4 Å². The maximum absolute atomic E-state index is 13.8. The van der Waals surface area contributed by atoms with Crippen LogP contribution in [-0.2, 0) is 13.6 Å². The van der Waals surface area contributed by atoms with Gasteiger partial charge in [-0.15, -0.1) is 0 Å². The summed E-state index contributed by atoms with van der Waals surface area (Å²) in [7, 11) is 2.02. The first-order valence-electron chi connectivity index (χ1n) is 10.6. The number of likely N-dealkylation sites (tertiary alicyclic amines) is 1. The maximum Gasteiger partial charge on any atom is 0.150 e. The first kappa shape index (κ1) is 19.6. The first-order chi connectivity index (χ1) is 15.2. The highest BCUT2D eigenvalue weighted by Crippen LogP contribution is 2.30. The van der Waals surface area contributed by atoms with Crippen molar-refractivity contribution in [2.75, 3.05) is 18.4 Å². The third-order valence-electron chi connectivity index (χ3n) is 6.02. The van der Waals surface area contributed by atoms with Crippen molar-refractivity contribution in [1.82, 2.24) is 24.4 Å². The van der Waals surface area contributed by atoms with Gasteiger partial charge >= 0.3 is 0 Å². The van der Waals surface area contributed by atoms with Crippen LogP contribution in [0.2, 0.25) is 0 Å². The summed E-state index contributed by atoms with van der Waals surface area (Å²) in [5.41, 5.74) is 3.37. The molecule has 0 bridgehead atoms. The van der Waals surface area contributed by atoms with Crippen molar-refractivity contribution in [2.24, 2.45) is 7.05 Å². The number of pyridine rings is 1. The first-order valence-corrected chi connectivity index (χ1v) is 10.6. The molecule has 1 aromatic carbocycles. The third kappa shape index (κ3) is 4.27. The molecule has 4 aromatic rings. The van der Waals surface area contributed by atoms with Gasteiger partial charge in [-0.3, -0.25) is 9.88 Å². The van der Waals surface area contributed by atoms with Gasteiger partial charge in [0.15, 0.2) is 0 Å². The van der Waals surface area contributed by atoms with Gasteiger partial charge in [0.2, 0.25) is 0 Å². The van der Waals surface area contributed by atoms with Gasteiger partial charge in [-0.1, -0.05) is 6.07 Å². The Balaban J connectivity index is 1.24. The largest absolute Gasteiger partial charge is 0.350 e. The summed E-state index contributed by atoms with van der Waals surface area (Å²) in [6.07, 6.45) is 9.23. The van der Waals surface area contributed by atoms with Crippen molar-refractivity contribution < 1.29 is 4.39 Å². The number of rotatable bonds is 5. The third-order valence-corrected chi connectivity index (χ3v) is 6.02. The van der Waals surface area contributed by atoms with E-state index in [-0.39, 0.29) is 5.82 Å². The van der Waals surface area contributed by atoms with E-state index in [1.54, 1.807) is 24.7 Å². The Kier molecular flexibility index (Phi) is 5.34. The molecule has 0 atom stereocenters. The zero-order valence-electron chi connectivity index (χ0n) is 17.5. The van der Waals surface area contributed by atoms with Gasteiger partial charge in [0, 0.05) is 54.7 Å². The molecular formula is C24H25FN6. The van der Waals surface area contributed by atoms with E-state index in [1.807, 2.05) is 25.2 Å². The number of anilines is 2. The Morgan fingerprint density at radius 2 is 1.97 bits per heavy atom. The van der Waals surface area contributed by atoms with Crippen LogP contribution in [0.25, 0.3) is 10.9 Å². The highest BCUT2D eigenvalue weighted by Gasteiger charge is 2.23. The molecule has 1 fully saturated rings. The van der Waals surface area contributed by atoms with Crippen molar-refractivity contribution in [3.05, 3.63) is 78.3 Å². The maximum atomic E-state index is 13.8. The molecule has 0 aliphatic carbocycles. The zero-order valence-corrected chi connectivity index (χ0v) is 17.5. The van der Waals surface area contributed by atoms with Gasteiger partial charge in [-0.2, -0.15) is 0 Å². The second-order valence-corrected chi connectivity index (χ2v) is 8.14. The van der Waals surface area contributed by atoms with Crippen molar-refractivity contribution >= 4 is 22.5 Å². The van der Waals surface area contributed by atoms with Crippen LogP contribution in [-0.4, -0.2) is 37.5 Å². The molecule has 6 nitrogen and oxygen atoms in total. The summed E-state index contributed by atoms with van der Waals surface area (Å²) in [6, 6.07) is 11.1.